The highest BCUT2D eigenvalue weighted by molar-refractivity contribution is 5.93. The van der Waals surface area contributed by atoms with Gasteiger partial charge in [-0.15, -0.1) is 0 Å². The quantitative estimate of drug-likeness (QED) is 0.686. The fourth-order valence-corrected chi connectivity index (χ4v) is 1.56. The minimum Gasteiger partial charge on any atom is -0.398 e. The van der Waals surface area contributed by atoms with Gasteiger partial charge in [0.1, 0.15) is 0 Å². The Kier molecular flexibility index (Phi) is 1.94. The van der Waals surface area contributed by atoms with E-state index >= 15 is 0 Å². The molecule has 13 heavy (non-hydrogen) atoms. The third kappa shape index (κ3) is 1.27. The number of ether oxygens (including phenoxy) is 1. The zero-order valence-electron chi connectivity index (χ0n) is 7.50. The fourth-order valence-electron chi connectivity index (χ4n) is 1.56. The van der Waals surface area contributed by atoms with Crippen molar-refractivity contribution in [2.24, 2.45) is 0 Å². The number of benzene rings is 1. The number of hydrogen-bond acceptors (Lipinski definition) is 2. The van der Waals surface area contributed by atoms with Gasteiger partial charge in [0.2, 0.25) is 0 Å². The molecule has 1 aromatic heterocycles. The third-order valence-electron chi connectivity index (χ3n) is 2.12. The van der Waals surface area contributed by atoms with Gasteiger partial charge in [-0.1, -0.05) is 6.07 Å². The summed E-state index contributed by atoms with van der Waals surface area (Å²) in [6.45, 7) is 0.591. The second-order valence-electron chi connectivity index (χ2n) is 3.02. The fraction of sp³-hybridized carbons (Fsp3) is 0.200. The average Bonchev–Trinajstić information content (AvgIpc) is 2.51. The second-order valence-corrected chi connectivity index (χ2v) is 3.02. The number of aromatic nitrogens is 1. The van der Waals surface area contributed by atoms with Crippen LogP contribution in [0.4, 0.5) is 5.69 Å². The van der Waals surface area contributed by atoms with Crippen molar-refractivity contribution in [2.75, 3.05) is 12.8 Å². The van der Waals surface area contributed by atoms with Crippen LogP contribution >= 0.6 is 0 Å². The molecule has 1 aromatic carbocycles. The van der Waals surface area contributed by atoms with E-state index in [4.69, 9.17) is 10.5 Å². The van der Waals surface area contributed by atoms with Crippen LogP contribution in [0, 0.1) is 0 Å². The Bertz CT molecular complexity index is 420. The SMILES string of the molecule is COCc1c[nH]c2cccc(N)c12. The molecule has 0 aliphatic carbocycles. The number of aromatic amines is 1. The lowest BCUT2D eigenvalue weighted by Crippen LogP contribution is -1.89. The monoisotopic (exact) mass is 176 g/mol. The summed E-state index contributed by atoms with van der Waals surface area (Å²) in [5.41, 5.74) is 8.82. The van der Waals surface area contributed by atoms with Crippen molar-refractivity contribution in [3.05, 3.63) is 30.0 Å². The molecule has 0 aliphatic rings. The second kappa shape index (κ2) is 3.11. The molecule has 0 bridgehead atoms. The molecule has 3 N–H and O–H groups in total. The Balaban J connectivity index is 2.64. The van der Waals surface area contributed by atoms with E-state index in [1.54, 1.807) is 7.11 Å². The van der Waals surface area contributed by atoms with Gasteiger partial charge >= 0.3 is 0 Å². The summed E-state index contributed by atoms with van der Waals surface area (Å²) in [5, 5.41) is 1.07. The van der Waals surface area contributed by atoms with Crippen LogP contribution in [-0.4, -0.2) is 12.1 Å². The molecule has 0 saturated heterocycles. The van der Waals surface area contributed by atoms with Crippen LogP contribution in [0.25, 0.3) is 10.9 Å². The summed E-state index contributed by atoms with van der Waals surface area (Å²) in [6.07, 6.45) is 1.94. The van der Waals surface area contributed by atoms with Gasteiger partial charge in [-0.2, -0.15) is 0 Å². The lowest BCUT2D eigenvalue weighted by molar-refractivity contribution is 0.186. The molecular formula is C10H12N2O. The molecule has 1 heterocycles. The number of H-pyrrole nitrogens is 1. The first kappa shape index (κ1) is 8.13. The minimum atomic E-state index is 0.591. The van der Waals surface area contributed by atoms with Gasteiger partial charge in [-0.3, -0.25) is 0 Å². The molecule has 0 saturated carbocycles. The largest absolute Gasteiger partial charge is 0.398 e. The van der Waals surface area contributed by atoms with Crippen LogP contribution in [0.15, 0.2) is 24.4 Å². The summed E-state index contributed by atoms with van der Waals surface area (Å²) in [7, 11) is 1.68. The van der Waals surface area contributed by atoms with Crippen LogP contribution in [0.2, 0.25) is 0 Å². The maximum absolute atomic E-state index is 5.86. The molecule has 0 amide bonds. The van der Waals surface area contributed by atoms with Crippen molar-refractivity contribution in [1.29, 1.82) is 0 Å². The molecule has 0 aliphatic heterocycles. The lowest BCUT2D eigenvalue weighted by atomic mass is 10.1. The Labute approximate surface area is 76.5 Å². The van der Waals surface area contributed by atoms with Gasteiger partial charge in [0.25, 0.3) is 0 Å². The van der Waals surface area contributed by atoms with Gasteiger partial charge in [0.05, 0.1) is 6.61 Å². The predicted octanol–water partition coefficient (Wildman–Crippen LogP) is 1.90. The zero-order valence-corrected chi connectivity index (χ0v) is 7.50. The summed E-state index contributed by atoms with van der Waals surface area (Å²) in [5.74, 6) is 0. The molecule has 0 spiro atoms. The van der Waals surface area contributed by atoms with E-state index < -0.39 is 0 Å². The molecule has 3 nitrogen and oxygen atoms in total. The van der Waals surface area contributed by atoms with Crippen molar-refractivity contribution in [2.45, 2.75) is 6.61 Å². The van der Waals surface area contributed by atoms with Crippen molar-refractivity contribution in [1.82, 2.24) is 4.98 Å². The predicted molar refractivity (Wildman–Crippen MR) is 53.4 cm³/mol. The number of hydrogen-bond donors (Lipinski definition) is 2. The lowest BCUT2D eigenvalue weighted by Gasteiger charge is -1.99. The maximum Gasteiger partial charge on any atom is 0.0734 e. The van der Waals surface area contributed by atoms with Crippen molar-refractivity contribution >= 4 is 16.6 Å². The number of nitrogens with one attached hydrogen (secondary N) is 1. The van der Waals surface area contributed by atoms with E-state index in [-0.39, 0.29) is 0 Å². The topological polar surface area (TPSA) is 51.0 Å². The highest BCUT2D eigenvalue weighted by atomic mass is 16.5. The molecule has 3 heteroatoms. The smallest absolute Gasteiger partial charge is 0.0734 e. The highest BCUT2D eigenvalue weighted by Crippen LogP contribution is 2.24. The minimum absolute atomic E-state index is 0.591. The van der Waals surface area contributed by atoms with Crippen molar-refractivity contribution in [3.63, 3.8) is 0 Å². The van der Waals surface area contributed by atoms with Crippen LogP contribution < -0.4 is 5.73 Å². The highest BCUT2D eigenvalue weighted by Gasteiger charge is 2.05. The number of methoxy groups -OCH3 is 1. The number of rotatable bonds is 2. The van der Waals surface area contributed by atoms with E-state index in [0.29, 0.717) is 6.61 Å². The molecule has 2 rings (SSSR count). The van der Waals surface area contributed by atoms with E-state index in [2.05, 4.69) is 4.98 Å². The van der Waals surface area contributed by atoms with E-state index in [1.807, 2.05) is 24.4 Å². The Hall–Kier alpha value is -1.48. The Morgan fingerprint density at radius 2 is 2.31 bits per heavy atom. The first-order chi connectivity index (χ1) is 6.33. The first-order valence-electron chi connectivity index (χ1n) is 4.16. The van der Waals surface area contributed by atoms with Crippen LogP contribution in [0.1, 0.15) is 5.56 Å². The molecule has 0 unspecified atom stereocenters. The van der Waals surface area contributed by atoms with Gasteiger partial charge in [-0.05, 0) is 12.1 Å². The summed E-state index contributed by atoms with van der Waals surface area (Å²) in [4.78, 5) is 3.15. The normalized spacial score (nSPS) is 10.8. The molecule has 0 radical (unpaired) electrons. The van der Waals surface area contributed by atoms with Gasteiger partial charge in [0.15, 0.2) is 0 Å². The summed E-state index contributed by atoms with van der Waals surface area (Å²) in [6, 6.07) is 5.84. The van der Waals surface area contributed by atoms with Crippen molar-refractivity contribution < 1.29 is 4.74 Å². The van der Waals surface area contributed by atoms with E-state index in [1.165, 1.54) is 0 Å². The maximum atomic E-state index is 5.86. The van der Waals surface area contributed by atoms with Crippen molar-refractivity contribution in [3.8, 4) is 0 Å². The van der Waals surface area contributed by atoms with E-state index in [9.17, 15) is 0 Å². The summed E-state index contributed by atoms with van der Waals surface area (Å²) < 4.78 is 5.07. The van der Waals surface area contributed by atoms with Gasteiger partial charge in [-0.25, -0.2) is 0 Å². The average molecular weight is 176 g/mol. The third-order valence-corrected chi connectivity index (χ3v) is 2.12. The Morgan fingerprint density at radius 3 is 3.08 bits per heavy atom. The summed E-state index contributed by atoms with van der Waals surface area (Å²) >= 11 is 0. The number of fused-ring (bicyclic) bond motifs is 1. The first-order valence-corrected chi connectivity index (χ1v) is 4.16. The molecule has 68 valence electrons. The van der Waals surface area contributed by atoms with Crippen LogP contribution in [0.5, 0.6) is 0 Å². The zero-order chi connectivity index (χ0) is 9.26. The standard InChI is InChI=1S/C10H12N2O/c1-13-6-7-5-12-9-4-2-3-8(11)10(7)9/h2-5,12H,6,11H2,1H3. The number of nitrogens with two attached hydrogens (primary N) is 1. The Morgan fingerprint density at radius 1 is 1.46 bits per heavy atom. The van der Waals surface area contributed by atoms with E-state index in [0.717, 1.165) is 22.2 Å². The molecule has 2 aromatic rings. The van der Waals surface area contributed by atoms with Crippen LogP contribution in [0.3, 0.4) is 0 Å². The molecule has 0 atom stereocenters. The van der Waals surface area contributed by atoms with Gasteiger partial charge in [0, 0.05) is 35.5 Å². The van der Waals surface area contributed by atoms with Gasteiger partial charge < -0.3 is 15.5 Å². The number of anilines is 1. The molecule has 0 fully saturated rings. The van der Waals surface area contributed by atoms with Crippen LogP contribution in [-0.2, 0) is 11.3 Å². The molecular weight excluding hydrogens is 164 g/mol. The number of nitrogen functional groups attached to an aromatic ring is 1.